The van der Waals surface area contributed by atoms with Crippen LogP contribution in [0.4, 0.5) is 8.78 Å². The maximum absolute atomic E-state index is 13.6. The normalized spacial score (nSPS) is 13.8. The van der Waals surface area contributed by atoms with E-state index >= 15 is 0 Å². The number of nitrogens with two attached hydrogens (primary N) is 1. The molecule has 1 rings (SSSR count). The fraction of sp³-hybridized carbons (Fsp3) is 0.462. The molecule has 1 atom stereocenters. The van der Waals surface area contributed by atoms with Gasteiger partial charge in [0.2, 0.25) is 0 Å². The number of oxime groups is 1. The zero-order chi connectivity index (χ0) is 14.4. The lowest BCUT2D eigenvalue weighted by molar-refractivity contribution is 0.253. The Morgan fingerprint density at radius 3 is 2.74 bits per heavy atom. The van der Waals surface area contributed by atoms with Crippen LogP contribution in [0.1, 0.15) is 19.4 Å². The van der Waals surface area contributed by atoms with Gasteiger partial charge in [0.15, 0.2) is 11.6 Å². The van der Waals surface area contributed by atoms with E-state index in [-0.39, 0.29) is 18.3 Å². The number of nitrogens with zero attached hydrogens (tertiary/aromatic N) is 2. The van der Waals surface area contributed by atoms with Crippen molar-refractivity contribution in [3.63, 3.8) is 0 Å². The van der Waals surface area contributed by atoms with E-state index in [0.29, 0.717) is 18.7 Å². The summed E-state index contributed by atoms with van der Waals surface area (Å²) >= 11 is 0. The maximum atomic E-state index is 13.6. The lowest BCUT2D eigenvalue weighted by Gasteiger charge is -2.24. The fourth-order valence-electron chi connectivity index (χ4n) is 1.80. The van der Waals surface area contributed by atoms with Gasteiger partial charge in [-0.2, -0.15) is 0 Å². The number of hydrogen-bond donors (Lipinski definition) is 2. The van der Waals surface area contributed by atoms with Crippen molar-refractivity contribution in [2.24, 2.45) is 16.8 Å². The Bertz CT molecular complexity index is 452. The predicted molar refractivity (Wildman–Crippen MR) is 69.9 cm³/mol. The Kier molecular flexibility index (Phi) is 5.69. The van der Waals surface area contributed by atoms with E-state index in [0.717, 1.165) is 6.07 Å². The molecule has 0 radical (unpaired) electrons. The molecule has 1 unspecified atom stereocenters. The second-order valence-electron chi connectivity index (χ2n) is 4.47. The van der Waals surface area contributed by atoms with Gasteiger partial charge in [0.1, 0.15) is 5.84 Å². The van der Waals surface area contributed by atoms with Crippen LogP contribution in [0.5, 0.6) is 0 Å². The standard InChI is InChI=1S/C13H19F2N3O/c1-3-18(7-9(2)13(16)17-19)8-10-5-4-6-11(14)12(10)15/h4-6,9,19H,3,7-8H2,1-2H3,(H2,16,17). The third kappa shape index (κ3) is 4.17. The molecule has 0 spiro atoms. The van der Waals surface area contributed by atoms with Gasteiger partial charge in [-0.15, -0.1) is 0 Å². The van der Waals surface area contributed by atoms with Crippen LogP contribution in [-0.4, -0.2) is 29.0 Å². The van der Waals surface area contributed by atoms with Crippen LogP contribution in [0, 0.1) is 17.6 Å². The molecular formula is C13H19F2N3O. The average Bonchev–Trinajstić information content (AvgIpc) is 2.41. The van der Waals surface area contributed by atoms with Crippen LogP contribution in [0.15, 0.2) is 23.4 Å². The largest absolute Gasteiger partial charge is 0.409 e. The molecule has 0 amide bonds. The number of amidine groups is 1. The van der Waals surface area contributed by atoms with E-state index in [4.69, 9.17) is 10.9 Å². The van der Waals surface area contributed by atoms with Gasteiger partial charge in [-0.3, -0.25) is 4.90 Å². The van der Waals surface area contributed by atoms with Crippen molar-refractivity contribution < 1.29 is 14.0 Å². The zero-order valence-electron chi connectivity index (χ0n) is 11.1. The molecule has 0 fully saturated rings. The van der Waals surface area contributed by atoms with Crippen molar-refractivity contribution in [2.45, 2.75) is 20.4 Å². The third-order valence-electron chi connectivity index (χ3n) is 3.03. The first-order valence-electron chi connectivity index (χ1n) is 6.12. The average molecular weight is 271 g/mol. The molecule has 4 nitrogen and oxygen atoms in total. The Balaban J connectivity index is 2.74. The number of rotatable bonds is 6. The first-order chi connectivity index (χ1) is 8.99. The molecule has 0 aromatic heterocycles. The van der Waals surface area contributed by atoms with E-state index in [1.54, 1.807) is 13.0 Å². The highest BCUT2D eigenvalue weighted by Gasteiger charge is 2.15. The Morgan fingerprint density at radius 1 is 1.47 bits per heavy atom. The minimum atomic E-state index is -0.849. The molecule has 19 heavy (non-hydrogen) atoms. The van der Waals surface area contributed by atoms with Gasteiger partial charge in [0.25, 0.3) is 0 Å². The van der Waals surface area contributed by atoms with E-state index < -0.39 is 11.6 Å². The molecule has 0 aliphatic heterocycles. The van der Waals surface area contributed by atoms with Crippen LogP contribution in [-0.2, 0) is 6.54 Å². The quantitative estimate of drug-likeness (QED) is 0.361. The van der Waals surface area contributed by atoms with Crippen molar-refractivity contribution in [3.05, 3.63) is 35.4 Å². The van der Waals surface area contributed by atoms with Crippen LogP contribution in [0.25, 0.3) is 0 Å². The van der Waals surface area contributed by atoms with Crippen molar-refractivity contribution >= 4 is 5.84 Å². The van der Waals surface area contributed by atoms with Crippen LogP contribution in [0.2, 0.25) is 0 Å². The lowest BCUT2D eigenvalue weighted by Crippen LogP contribution is -2.34. The van der Waals surface area contributed by atoms with E-state index in [9.17, 15) is 8.78 Å². The molecule has 0 saturated carbocycles. The highest BCUT2D eigenvalue weighted by molar-refractivity contribution is 5.82. The first-order valence-corrected chi connectivity index (χ1v) is 6.12. The minimum absolute atomic E-state index is 0.123. The summed E-state index contributed by atoms with van der Waals surface area (Å²) in [5.74, 6) is -1.71. The minimum Gasteiger partial charge on any atom is -0.409 e. The Labute approximate surface area is 111 Å². The van der Waals surface area contributed by atoms with Gasteiger partial charge in [0, 0.05) is 24.6 Å². The molecule has 0 aliphatic rings. The molecule has 6 heteroatoms. The SMILES string of the molecule is CCN(Cc1cccc(F)c1F)CC(C)C(N)=NO. The van der Waals surface area contributed by atoms with Gasteiger partial charge in [0.05, 0.1) is 0 Å². The van der Waals surface area contributed by atoms with Gasteiger partial charge < -0.3 is 10.9 Å². The smallest absolute Gasteiger partial charge is 0.163 e. The topological polar surface area (TPSA) is 61.8 Å². The second-order valence-corrected chi connectivity index (χ2v) is 4.47. The zero-order valence-corrected chi connectivity index (χ0v) is 11.1. The predicted octanol–water partition coefficient (Wildman–Crippen LogP) is 2.17. The highest BCUT2D eigenvalue weighted by Crippen LogP contribution is 2.14. The summed E-state index contributed by atoms with van der Waals surface area (Å²) in [7, 11) is 0. The van der Waals surface area contributed by atoms with E-state index in [1.807, 2.05) is 11.8 Å². The molecule has 1 aromatic carbocycles. The van der Waals surface area contributed by atoms with Crippen molar-refractivity contribution in [3.8, 4) is 0 Å². The molecule has 106 valence electrons. The molecule has 3 N–H and O–H groups in total. The fourth-order valence-corrected chi connectivity index (χ4v) is 1.80. The van der Waals surface area contributed by atoms with Gasteiger partial charge in [-0.25, -0.2) is 8.78 Å². The summed E-state index contributed by atoms with van der Waals surface area (Å²) in [6.07, 6.45) is 0. The monoisotopic (exact) mass is 271 g/mol. The lowest BCUT2D eigenvalue weighted by atomic mass is 10.1. The van der Waals surface area contributed by atoms with Crippen LogP contribution < -0.4 is 5.73 Å². The molecule has 0 aliphatic carbocycles. The number of hydrogen-bond acceptors (Lipinski definition) is 3. The number of benzene rings is 1. The Hall–Kier alpha value is -1.69. The summed E-state index contributed by atoms with van der Waals surface area (Å²) in [6.45, 7) is 5.15. The molecule has 0 saturated heterocycles. The van der Waals surface area contributed by atoms with Crippen LogP contribution >= 0.6 is 0 Å². The molecular weight excluding hydrogens is 252 g/mol. The van der Waals surface area contributed by atoms with Crippen molar-refractivity contribution in [1.82, 2.24) is 4.90 Å². The summed E-state index contributed by atoms with van der Waals surface area (Å²) in [4.78, 5) is 1.90. The third-order valence-corrected chi connectivity index (χ3v) is 3.03. The van der Waals surface area contributed by atoms with Gasteiger partial charge in [-0.1, -0.05) is 31.1 Å². The number of halogens is 2. The first kappa shape index (κ1) is 15.4. The van der Waals surface area contributed by atoms with Crippen molar-refractivity contribution in [1.29, 1.82) is 0 Å². The summed E-state index contributed by atoms with van der Waals surface area (Å²) in [6, 6.07) is 4.12. The van der Waals surface area contributed by atoms with E-state index in [1.165, 1.54) is 6.07 Å². The summed E-state index contributed by atoms with van der Waals surface area (Å²) in [5, 5.41) is 11.5. The molecule has 0 heterocycles. The van der Waals surface area contributed by atoms with Gasteiger partial charge in [-0.05, 0) is 12.6 Å². The van der Waals surface area contributed by atoms with Gasteiger partial charge >= 0.3 is 0 Å². The molecule has 1 aromatic rings. The van der Waals surface area contributed by atoms with Crippen LogP contribution in [0.3, 0.4) is 0 Å². The highest BCUT2D eigenvalue weighted by atomic mass is 19.2. The molecule has 0 bridgehead atoms. The Morgan fingerprint density at radius 2 is 2.16 bits per heavy atom. The maximum Gasteiger partial charge on any atom is 0.163 e. The summed E-state index contributed by atoms with van der Waals surface area (Å²) < 4.78 is 26.7. The van der Waals surface area contributed by atoms with Crippen molar-refractivity contribution in [2.75, 3.05) is 13.1 Å². The van der Waals surface area contributed by atoms with E-state index in [2.05, 4.69) is 5.16 Å². The summed E-state index contributed by atoms with van der Waals surface area (Å²) in [5.41, 5.74) is 5.81. The second kappa shape index (κ2) is 7.04.